The van der Waals surface area contributed by atoms with Gasteiger partial charge < -0.3 is 10.2 Å². The van der Waals surface area contributed by atoms with Crippen LogP contribution in [0.15, 0.2) is 24.5 Å². The first kappa shape index (κ1) is 15.0. The van der Waals surface area contributed by atoms with E-state index < -0.39 is 0 Å². The molecule has 2 aliphatic rings. The van der Waals surface area contributed by atoms with E-state index in [1.807, 2.05) is 12.1 Å². The zero-order chi connectivity index (χ0) is 16.4. The summed E-state index contributed by atoms with van der Waals surface area (Å²) < 4.78 is 0. The van der Waals surface area contributed by atoms with Crippen molar-refractivity contribution in [3.8, 4) is 0 Å². The molecule has 0 bridgehead atoms. The Kier molecular flexibility index (Phi) is 4.06. The number of amides is 1. The largest absolute Gasteiger partial charge is 0.355 e. The molecule has 1 aliphatic carbocycles. The number of hydrogen-bond donors (Lipinski definition) is 1. The molecule has 1 saturated heterocycles. The first-order valence-corrected chi connectivity index (χ1v) is 8.47. The van der Waals surface area contributed by atoms with Gasteiger partial charge in [0.15, 0.2) is 11.5 Å². The highest BCUT2D eigenvalue weighted by Gasteiger charge is 2.25. The van der Waals surface area contributed by atoms with Crippen molar-refractivity contribution in [3.05, 3.63) is 41.6 Å². The zero-order valence-corrected chi connectivity index (χ0v) is 13.5. The Bertz CT molecular complexity index is 722. The summed E-state index contributed by atoms with van der Waals surface area (Å²) in [5.74, 6) is 1.18. The zero-order valence-electron chi connectivity index (χ0n) is 13.5. The van der Waals surface area contributed by atoms with Gasteiger partial charge in [-0.2, -0.15) is 0 Å². The highest BCUT2D eigenvalue weighted by Crippen LogP contribution is 2.38. The first-order valence-electron chi connectivity index (χ1n) is 8.47. The minimum atomic E-state index is -0.234. The van der Waals surface area contributed by atoms with Crippen LogP contribution in [0.2, 0.25) is 0 Å². The summed E-state index contributed by atoms with van der Waals surface area (Å²) in [5, 5.41) is 11.1. The number of anilines is 1. The molecular weight excluding hydrogens is 304 g/mol. The van der Waals surface area contributed by atoms with Crippen molar-refractivity contribution in [1.82, 2.24) is 25.5 Å². The topological polar surface area (TPSA) is 83.9 Å². The maximum absolute atomic E-state index is 12.2. The number of rotatable bonds is 5. The van der Waals surface area contributed by atoms with E-state index in [0.29, 0.717) is 18.2 Å². The van der Waals surface area contributed by atoms with Gasteiger partial charge in [0.05, 0.1) is 12.2 Å². The SMILES string of the molecule is O=C(NCc1cc(C2CC2)ncn1)c1ccc(N2CCCC2)nn1. The lowest BCUT2D eigenvalue weighted by atomic mass is 10.2. The molecule has 2 fully saturated rings. The number of carbonyl (C=O) groups excluding carboxylic acids is 1. The molecular formula is C17H20N6O. The molecule has 7 heteroatoms. The van der Waals surface area contributed by atoms with Crippen LogP contribution in [0.4, 0.5) is 5.82 Å². The molecule has 2 aromatic rings. The Morgan fingerprint density at radius 1 is 1.17 bits per heavy atom. The molecule has 0 atom stereocenters. The third kappa shape index (κ3) is 3.34. The van der Waals surface area contributed by atoms with Crippen LogP contribution in [0.5, 0.6) is 0 Å². The molecule has 24 heavy (non-hydrogen) atoms. The molecule has 7 nitrogen and oxygen atoms in total. The Morgan fingerprint density at radius 3 is 2.71 bits per heavy atom. The summed E-state index contributed by atoms with van der Waals surface area (Å²) in [6, 6.07) is 5.56. The minimum Gasteiger partial charge on any atom is -0.355 e. The summed E-state index contributed by atoms with van der Waals surface area (Å²) in [6.45, 7) is 2.39. The van der Waals surface area contributed by atoms with Crippen molar-refractivity contribution in [2.24, 2.45) is 0 Å². The number of nitrogens with zero attached hydrogens (tertiary/aromatic N) is 5. The first-order chi connectivity index (χ1) is 11.8. The van der Waals surface area contributed by atoms with Crippen molar-refractivity contribution in [2.45, 2.75) is 38.1 Å². The van der Waals surface area contributed by atoms with E-state index in [1.165, 1.54) is 25.7 Å². The van der Waals surface area contributed by atoms with Crippen LogP contribution in [-0.4, -0.2) is 39.2 Å². The molecule has 0 aromatic carbocycles. The number of carbonyl (C=O) groups is 1. The van der Waals surface area contributed by atoms with Gasteiger partial charge in [0.1, 0.15) is 6.33 Å². The van der Waals surface area contributed by atoms with Crippen LogP contribution in [0, 0.1) is 0 Å². The maximum atomic E-state index is 12.2. The van der Waals surface area contributed by atoms with Crippen LogP contribution < -0.4 is 10.2 Å². The standard InChI is InChI=1S/C17H20N6O/c24-17(14-5-6-16(22-21-14)23-7-1-2-8-23)18-10-13-9-15(12-3-4-12)20-11-19-13/h5-6,9,11-12H,1-4,7-8,10H2,(H,18,24). The van der Waals surface area contributed by atoms with Crippen LogP contribution in [-0.2, 0) is 6.54 Å². The Hall–Kier alpha value is -2.57. The Labute approximate surface area is 140 Å². The third-order valence-corrected chi connectivity index (χ3v) is 4.48. The van der Waals surface area contributed by atoms with Gasteiger partial charge in [-0.05, 0) is 43.9 Å². The third-order valence-electron chi connectivity index (χ3n) is 4.48. The van der Waals surface area contributed by atoms with Gasteiger partial charge in [0, 0.05) is 24.7 Å². The van der Waals surface area contributed by atoms with Crippen molar-refractivity contribution in [3.63, 3.8) is 0 Å². The second kappa shape index (κ2) is 6.51. The van der Waals surface area contributed by atoms with E-state index in [-0.39, 0.29) is 5.91 Å². The van der Waals surface area contributed by atoms with Gasteiger partial charge in [-0.15, -0.1) is 10.2 Å². The summed E-state index contributed by atoms with van der Waals surface area (Å²) in [5.41, 5.74) is 2.22. The maximum Gasteiger partial charge on any atom is 0.272 e. The molecule has 2 aromatic heterocycles. The van der Waals surface area contributed by atoms with Crippen LogP contribution in [0.1, 0.15) is 53.5 Å². The number of aromatic nitrogens is 4. The fourth-order valence-electron chi connectivity index (χ4n) is 2.94. The second-order valence-electron chi connectivity index (χ2n) is 6.36. The molecule has 4 rings (SSSR count). The molecule has 0 spiro atoms. The van der Waals surface area contributed by atoms with Crippen molar-refractivity contribution >= 4 is 11.7 Å². The fourth-order valence-corrected chi connectivity index (χ4v) is 2.94. The average Bonchev–Trinajstić information content (AvgIpc) is 3.34. The van der Waals surface area contributed by atoms with E-state index in [9.17, 15) is 4.79 Å². The summed E-state index contributed by atoms with van der Waals surface area (Å²) >= 11 is 0. The number of hydrogen-bond acceptors (Lipinski definition) is 6. The molecule has 0 unspecified atom stereocenters. The molecule has 124 valence electrons. The van der Waals surface area contributed by atoms with Crippen molar-refractivity contribution in [1.29, 1.82) is 0 Å². The van der Waals surface area contributed by atoms with E-state index in [1.54, 1.807) is 12.4 Å². The highest BCUT2D eigenvalue weighted by atomic mass is 16.1. The van der Waals surface area contributed by atoms with Crippen LogP contribution in [0.3, 0.4) is 0 Å². The summed E-state index contributed by atoms with van der Waals surface area (Å²) in [6.07, 6.45) is 6.33. The predicted molar refractivity (Wildman–Crippen MR) is 88.7 cm³/mol. The van der Waals surface area contributed by atoms with E-state index in [4.69, 9.17) is 0 Å². The summed E-state index contributed by atoms with van der Waals surface area (Å²) in [4.78, 5) is 22.9. The van der Waals surface area contributed by atoms with Gasteiger partial charge in [0.2, 0.25) is 0 Å². The lowest BCUT2D eigenvalue weighted by Gasteiger charge is -2.15. The van der Waals surface area contributed by atoms with Gasteiger partial charge in [-0.25, -0.2) is 9.97 Å². The van der Waals surface area contributed by atoms with Crippen molar-refractivity contribution in [2.75, 3.05) is 18.0 Å². The normalized spacial score (nSPS) is 17.1. The smallest absolute Gasteiger partial charge is 0.272 e. The lowest BCUT2D eigenvalue weighted by molar-refractivity contribution is 0.0944. The van der Waals surface area contributed by atoms with Crippen LogP contribution >= 0.6 is 0 Å². The Morgan fingerprint density at radius 2 is 2.00 bits per heavy atom. The number of nitrogens with one attached hydrogen (secondary N) is 1. The summed E-state index contributed by atoms with van der Waals surface area (Å²) in [7, 11) is 0. The van der Waals surface area contributed by atoms with Crippen LogP contribution in [0.25, 0.3) is 0 Å². The molecule has 3 heterocycles. The van der Waals surface area contributed by atoms with Gasteiger partial charge in [0.25, 0.3) is 5.91 Å². The van der Waals surface area contributed by atoms with Gasteiger partial charge in [-0.1, -0.05) is 0 Å². The van der Waals surface area contributed by atoms with E-state index >= 15 is 0 Å². The van der Waals surface area contributed by atoms with Gasteiger partial charge in [-0.3, -0.25) is 4.79 Å². The average molecular weight is 324 g/mol. The molecule has 1 amide bonds. The second-order valence-corrected chi connectivity index (χ2v) is 6.36. The molecule has 0 radical (unpaired) electrons. The Balaban J connectivity index is 1.36. The molecule has 1 N–H and O–H groups in total. The van der Waals surface area contributed by atoms with E-state index in [0.717, 1.165) is 30.3 Å². The van der Waals surface area contributed by atoms with Crippen molar-refractivity contribution < 1.29 is 4.79 Å². The highest BCUT2D eigenvalue weighted by molar-refractivity contribution is 5.92. The predicted octanol–water partition coefficient (Wildman–Crippen LogP) is 1.67. The van der Waals surface area contributed by atoms with Gasteiger partial charge >= 0.3 is 0 Å². The van der Waals surface area contributed by atoms with E-state index in [2.05, 4.69) is 30.4 Å². The fraction of sp³-hybridized carbons (Fsp3) is 0.471. The molecule has 1 aliphatic heterocycles. The monoisotopic (exact) mass is 324 g/mol. The minimum absolute atomic E-state index is 0.234. The quantitative estimate of drug-likeness (QED) is 0.901. The molecule has 1 saturated carbocycles. The lowest BCUT2D eigenvalue weighted by Crippen LogP contribution is -2.25.